The lowest BCUT2D eigenvalue weighted by molar-refractivity contribution is -0.133. The fourth-order valence-electron chi connectivity index (χ4n) is 4.27. The van der Waals surface area contributed by atoms with Gasteiger partial charge in [-0.25, -0.2) is 4.39 Å². The lowest BCUT2D eigenvalue weighted by Gasteiger charge is -2.26. The molecule has 1 saturated carbocycles. The van der Waals surface area contributed by atoms with Crippen LogP contribution >= 0.6 is 0 Å². The number of hydrogen-bond acceptors (Lipinski definition) is 4. The van der Waals surface area contributed by atoms with Crippen molar-refractivity contribution in [2.24, 2.45) is 11.1 Å². The molecular formula is C29H24FN3O3. The number of primary amides is 1. The number of aromatic nitrogens is 1. The molecule has 1 aliphatic rings. The van der Waals surface area contributed by atoms with Crippen molar-refractivity contribution in [3.8, 4) is 11.5 Å². The predicted molar refractivity (Wildman–Crippen MR) is 137 cm³/mol. The van der Waals surface area contributed by atoms with Crippen molar-refractivity contribution in [2.45, 2.75) is 19.8 Å². The Labute approximate surface area is 207 Å². The standard InChI is InChI=1S/C29H24FN3O3/c1-3-19-17-25-24(16-18(19)2)26(12-15-32-25)36-23-10-8-22(9-11-23)33(21-6-4-20(30)5-7-21)28(35)29(13-14-29)27(31)34/h3-12,15-17H,1,13-14H2,2H3,(H2,31,34). The first-order valence-electron chi connectivity index (χ1n) is 11.5. The van der Waals surface area contributed by atoms with Crippen molar-refractivity contribution in [3.05, 3.63) is 96.4 Å². The molecule has 1 aromatic heterocycles. The predicted octanol–water partition coefficient (Wildman–Crippen LogP) is 6.05. The lowest BCUT2D eigenvalue weighted by Crippen LogP contribution is -2.41. The molecule has 4 aromatic rings. The number of halogens is 1. The molecule has 3 aromatic carbocycles. The first kappa shape index (κ1) is 23.2. The third-order valence-electron chi connectivity index (χ3n) is 6.55. The Morgan fingerprint density at radius 1 is 1.06 bits per heavy atom. The van der Waals surface area contributed by atoms with Gasteiger partial charge < -0.3 is 10.5 Å². The number of aryl methyl sites for hydroxylation is 1. The summed E-state index contributed by atoms with van der Waals surface area (Å²) in [4.78, 5) is 31.3. The van der Waals surface area contributed by atoms with Crippen molar-refractivity contribution in [1.82, 2.24) is 4.98 Å². The molecule has 2 N–H and O–H groups in total. The quantitative estimate of drug-likeness (QED) is 0.326. The van der Waals surface area contributed by atoms with Crippen LogP contribution in [0.15, 0.2) is 79.5 Å². The molecule has 5 rings (SSSR count). The van der Waals surface area contributed by atoms with Crippen molar-refractivity contribution < 1.29 is 18.7 Å². The van der Waals surface area contributed by atoms with E-state index in [1.54, 1.807) is 42.6 Å². The summed E-state index contributed by atoms with van der Waals surface area (Å²) in [7, 11) is 0. The SMILES string of the molecule is C=Cc1cc2nccc(Oc3ccc(N(C(=O)C4(C(N)=O)CC4)c4ccc(F)cc4)cc3)c2cc1C. The number of carbonyl (C=O) groups is 2. The second-order valence-electron chi connectivity index (χ2n) is 8.90. The monoisotopic (exact) mass is 481 g/mol. The maximum absolute atomic E-state index is 13.6. The molecule has 1 aliphatic carbocycles. The maximum atomic E-state index is 13.6. The van der Waals surface area contributed by atoms with Crippen molar-refractivity contribution in [2.75, 3.05) is 4.90 Å². The summed E-state index contributed by atoms with van der Waals surface area (Å²) in [6.07, 6.45) is 4.26. The molecule has 0 aliphatic heterocycles. The molecule has 0 atom stereocenters. The molecule has 7 heteroatoms. The summed E-state index contributed by atoms with van der Waals surface area (Å²) in [5.41, 5.74) is 8.13. The number of benzene rings is 3. The van der Waals surface area contributed by atoms with E-state index in [1.807, 2.05) is 19.1 Å². The molecule has 6 nitrogen and oxygen atoms in total. The number of fused-ring (bicyclic) bond motifs is 1. The smallest absolute Gasteiger partial charge is 0.247 e. The number of anilines is 2. The van der Waals surface area contributed by atoms with E-state index < -0.39 is 23.0 Å². The number of carbonyl (C=O) groups excluding carboxylic acids is 2. The van der Waals surface area contributed by atoms with Gasteiger partial charge in [0, 0.05) is 23.0 Å². The third kappa shape index (κ3) is 4.09. The Balaban J connectivity index is 1.48. The van der Waals surface area contributed by atoms with Gasteiger partial charge in [-0.3, -0.25) is 19.5 Å². The van der Waals surface area contributed by atoms with Crippen LogP contribution in [0.5, 0.6) is 11.5 Å². The fraction of sp³-hybridized carbons (Fsp3) is 0.138. The minimum atomic E-state index is -1.23. The topological polar surface area (TPSA) is 85.5 Å². The Morgan fingerprint density at radius 2 is 1.69 bits per heavy atom. The van der Waals surface area contributed by atoms with E-state index in [1.165, 1.54) is 29.2 Å². The van der Waals surface area contributed by atoms with Gasteiger partial charge in [0.1, 0.15) is 22.7 Å². The summed E-state index contributed by atoms with van der Waals surface area (Å²) < 4.78 is 19.7. The zero-order valence-electron chi connectivity index (χ0n) is 19.7. The molecule has 1 heterocycles. The zero-order chi connectivity index (χ0) is 25.4. The Morgan fingerprint density at radius 3 is 2.28 bits per heavy atom. The second kappa shape index (κ2) is 8.92. The molecule has 0 unspecified atom stereocenters. The van der Waals surface area contributed by atoms with Crippen LogP contribution in [0.4, 0.5) is 15.8 Å². The van der Waals surface area contributed by atoms with Crippen LogP contribution in [0.2, 0.25) is 0 Å². The molecule has 1 fully saturated rings. The molecule has 0 radical (unpaired) electrons. The van der Waals surface area contributed by atoms with Crippen molar-refractivity contribution in [1.29, 1.82) is 0 Å². The minimum absolute atomic E-state index is 0.391. The van der Waals surface area contributed by atoms with Crippen molar-refractivity contribution in [3.63, 3.8) is 0 Å². The van der Waals surface area contributed by atoms with Crippen LogP contribution in [0.3, 0.4) is 0 Å². The Bertz CT molecular complexity index is 1490. The van der Waals surface area contributed by atoms with Crippen molar-refractivity contribution >= 4 is 40.2 Å². The minimum Gasteiger partial charge on any atom is -0.457 e. The first-order chi connectivity index (χ1) is 17.3. The van der Waals surface area contributed by atoms with Gasteiger partial charge in [-0.05, 0) is 97.6 Å². The Hall–Kier alpha value is -4.52. The molecule has 0 spiro atoms. The first-order valence-corrected chi connectivity index (χ1v) is 11.5. The number of rotatable bonds is 7. The highest BCUT2D eigenvalue weighted by Crippen LogP contribution is 2.49. The average Bonchev–Trinajstić information content (AvgIpc) is 3.69. The number of pyridine rings is 1. The van der Waals surface area contributed by atoms with Crippen LogP contribution in [0, 0.1) is 18.2 Å². The van der Waals surface area contributed by atoms with E-state index in [0.717, 1.165) is 22.0 Å². The maximum Gasteiger partial charge on any atom is 0.247 e. The summed E-state index contributed by atoms with van der Waals surface area (Å²) in [5, 5.41) is 0.866. The molecule has 180 valence electrons. The normalized spacial score (nSPS) is 13.7. The van der Waals surface area contributed by atoms with Crippen LogP contribution in [-0.4, -0.2) is 16.8 Å². The summed E-state index contributed by atoms with van der Waals surface area (Å²) >= 11 is 0. The fourth-order valence-corrected chi connectivity index (χ4v) is 4.27. The van der Waals surface area contributed by atoms with E-state index in [9.17, 15) is 14.0 Å². The molecule has 0 saturated heterocycles. The van der Waals surface area contributed by atoms with Gasteiger partial charge in [-0.2, -0.15) is 0 Å². The number of nitrogens with two attached hydrogens (primary N) is 1. The van der Waals surface area contributed by atoms with Crippen LogP contribution in [-0.2, 0) is 9.59 Å². The number of ether oxygens (including phenoxy) is 1. The van der Waals surface area contributed by atoms with E-state index in [0.29, 0.717) is 35.7 Å². The van der Waals surface area contributed by atoms with Crippen LogP contribution in [0.1, 0.15) is 24.0 Å². The largest absolute Gasteiger partial charge is 0.457 e. The van der Waals surface area contributed by atoms with Crippen LogP contribution in [0.25, 0.3) is 17.0 Å². The van der Waals surface area contributed by atoms with Gasteiger partial charge in [0.25, 0.3) is 0 Å². The summed E-state index contributed by atoms with van der Waals surface area (Å²) in [6, 6.07) is 18.2. The average molecular weight is 482 g/mol. The molecule has 2 amide bonds. The molecule has 36 heavy (non-hydrogen) atoms. The highest BCUT2D eigenvalue weighted by Gasteiger charge is 2.57. The van der Waals surface area contributed by atoms with E-state index in [2.05, 4.69) is 11.6 Å². The summed E-state index contributed by atoms with van der Waals surface area (Å²) in [6.45, 7) is 5.85. The van der Waals surface area contributed by atoms with Gasteiger partial charge in [0.15, 0.2) is 0 Å². The molecule has 0 bridgehead atoms. The summed E-state index contributed by atoms with van der Waals surface area (Å²) in [5.74, 6) is -0.309. The van der Waals surface area contributed by atoms with E-state index in [4.69, 9.17) is 10.5 Å². The number of hydrogen-bond donors (Lipinski definition) is 1. The van der Waals surface area contributed by atoms with Crippen LogP contribution < -0.4 is 15.4 Å². The zero-order valence-corrected chi connectivity index (χ0v) is 19.7. The number of nitrogens with zero attached hydrogens (tertiary/aromatic N) is 2. The van der Waals surface area contributed by atoms with Gasteiger partial charge >= 0.3 is 0 Å². The van der Waals surface area contributed by atoms with E-state index in [-0.39, 0.29) is 0 Å². The van der Waals surface area contributed by atoms with E-state index >= 15 is 0 Å². The third-order valence-corrected chi connectivity index (χ3v) is 6.55. The number of amides is 2. The van der Waals surface area contributed by atoms with Gasteiger partial charge in [0.05, 0.1) is 5.52 Å². The lowest BCUT2D eigenvalue weighted by atomic mass is 10.0. The highest BCUT2D eigenvalue weighted by atomic mass is 19.1. The molecular weight excluding hydrogens is 457 g/mol. The van der Waals surface area contributed by atoms with Gasteiger partial charge in [-0.1, -0.05) is 12.7 Å². The Kier molecular flexibility index (Phi) is 5.76. The second-order valence-corrected chi connectivity index (χ2v) is 8.90. The highest BCUT2D eigenvalue weighted by molar-refractivity contribution is 6.16. The van der Waals surface area contributed by atoms with Gasteiger partial charge in [0.2, 0.25) is 11.8 Å². The van der Waals surface area contributed by atoms with Gasteiger partial charge in [-0.15, -0.1) is 0 Å².